The average Bonchev–Trinajstić information content (AvgIpc) is 3.45. The van der Waals surface area contributed by atoms with Crippen molar-refractivity contribution >= 4 is 39.7 Å². The van der Waals surface area contributed by atoms with Crippen LogP contribution in [-0.4, -0.2) is 29.6 Å². The van der Waals surface area contributed by atoms with Gasteiger partial charge in [-0.25, -0.2) is 0 Å². The fraction of sp³-hybridized carbons (Fsp3) is 0.129. The number of hydrogen-bond donors (Lipinski definition) is 1. The SMILES string of the molecule is COc1ccc(/C=c2/s/c(=C(\C#N)C(=O)c3c(C)[nH]c4ccccc34)n(Cc3ccccc3)c2=O)c(OC)c1. The molecule has 7 nitrogen and oxygen atoms in total. The predicted molar refractivity (Wildman–Crippen MR) is 153 cm³/mol. The lowest BCUT2D eigenvalue weighted by atomic mass is 10.0. The first-order valence-corrected chi connectivity index (χ1v) is 13.0. The number of nitrogens with one attached hydrogen (secondary N) is 1. The van der Waals surface area contributed by atoms with Crippen molar-refractivity contribution in [3.63, 3.8) is 0 Å². The number of rotatable bonds is 7. The van der Waals surface area contributed by atoms with Crippen LogP contribution in [-0.2, 0) is 6.54 Å². The Balaban J connectivity index is 1.78. The van der Waals surface area contributed by atoms with Gasteiger partial charge in [-0.05, 0) is 36.8 Å². The number of carbonyl (C=O) groups is 1. The lowest BCUT2D eigenvalue weighted by Crippen LogP contribution is -2.33. The Hall–Kier alpha value is -4.87. The van der Waals surface area contributed by atoms with Crippen molar-refractivity contribution in [1.29, 1.82) is 5.26 Å². The van der Waals surface area contributed by atoms with Crippen molar-refractivity contribution in [3.8, 4) is 17.6 Å². The number of nitrogens with zero attached hydrogens (tertiary/aromatic N) is 2. The van der Waals surface area contributed by atoms with Crippen molar-refractivity contribution < 1.29 is 14.3 Å². The second-order valence-electron chi connectivity index (χ2n) is 8.89. The normalized spacial score (nSPS) is 12.3. The third-order valence-corrected chi connectivity index (χ3v) is 7.62. The van der Waals surface area contributed by atoms with Crippen LogP contribution in [0.3, 0.4) is 0 Å². The van der Waals surface area contributed by atoms with E-state index in [0.717, 1.165) is 27.8 Å². The summed E-state index contributed by atoms with van der Waals surface area (Å²) in [5.74, 6) is 0.731. The number of fused-ring (bicyclic) bond motifs is 1. The molecule has 1 N–H and O–H groups in total. The summed E-state index contributed by atoms with van der Waals surface area (Å²) in [7, 11) is 3.11. The largest absolute Gasteiger partial charge is 0.497 e. The summed E-state index contributed by atoms with van der Waals surface area (Å²) < 4.78 is 13.0. The molecule has 8 heteroatoms. The molecular formula is C31H25N3O4S. The van der Waals surface area contributed by atoms with E-state index < -0.39 is 5.78 Å². The van der Waals surface area contributed by atoms with E-state index >= 15 is 0 Å². The summed E-state index contributed by atoms with van der Waals surface area (Å²) in [6.45, 7) is 2.02. The summed E-state index contributed by atoms with van der Waals surface area (Å²) in [6.07, 6.45) is 1.71. The monoisotopic (exact) mass is 535 g/mol. The van der Waals surface area contributed by atoms with E-state index in [4.69, 9.17) is 9.47 Å². The molecule has 194 valence electrons. The number of benzene rings is 3. The van der Waals surface area contributed by atoms with Crippen LogP contribution >= 0.6 is 11.3 Å². The van der Waals surface area contributed by atoms with Gasteiger partial charge >= 0.3 is 0 Å². The molecule has 2 heterocycles. The van der Waals surface area contributed by atoms with E-state index in [1.165, 1.54) is 4.57 Å². The van der Waals surface area contributed by atoms with Gasteiger partial charge in [0.15, 0.2) is 0 Å². The Morgan fingerprint density at radius 1 is 1.05 bits per heavy atom. The van der Waals surface area contributed by atoms with Crippen LogP contribution < -0.4 is 24.2 Å². The molecule has 2 aromatic heterocycles. The average molecular weight is 536 g/mol. The highest BCUT2D eigenvalue weighted by molar-refractivity contribution is 7.07. The standard InChI is InChI=1S/C31H25N3O4S/c1-19-28(23-11-7-8-12-25(23)33-19)29(35)24(17-32)31-34(18-20-9-5-4-6-10-20)30(36)27(39-31)15-21-13-14-22(37-2)16-26(21)38-3/h4-16,33H,18H2,1-3H3/b27-15+,31-24+. The summed E-state index contributed by atoms with van der Waals surface area (Å²) in [5.41, 5.74) is 3.07. The molecule has 0 unspecified atom stereocenters. The fourth-order valence-electron chi connectivity index (χ4n) is 4.58. The first-order valence-electron chi connectivity index (χ1n) is 12.2. The molecule has 0 aliphatic heterocycles. The van der Waals surface area contributed by atoms with Crippen molar-refractivity contribution in [2.45, 2.75) is 13.5 Å². The van der Waals surface area contributed by atoms with E-state index in [1.807, 2.05) is 61.5 Å². The van der Waals surface area contributed by atoms with Crippen LogP contribution in [0.25, 0.3) is 22.6 Å². The molecule has 0 radical (unpaired) electrons. The van der Waals surface area contributed by atoms with Crippen LogP contribution in [0.5, 0.6) is 11.5 Å². The van der Waals surface area contributed by atoms with Gasteiger partial charge < -0.3 is 14.5 Å². The molecule has 0 saturated heterocycles. The Labute approximate surface area is 228 Å². The molecule has 3 aromatic carbocycles. The van der Waals surface area contributed by atoms with Gasteiger partial charge in [0, 0.05) is 28.2 Å². The second-order valence-corrected chi connectivity index (χ2v) is 9.92. The zero-order valence-electron chi connectivity index (χ0n) is 21.6. The van der Waals surface area contributed by atoms with Crippen molar-refractivity contribution in [2.24, 2.45) is 0 Å². The maximum absolute atomic E-state index is 13.9. The number of nitriles is 1. The number of methoxy groups -OCH3 is 2. The number of H-pyrrole nitrogens is 1. The molecule has 0 saturated carbocycles. The third kappa shape index (κ3) is 4.88. The molecule has 0 amide bonds. The zero-order valence-corrected chi connectivity index (χ0v) is 22.5. The number of ketones is 1. The molecule has 0 fully saturated rings. The highest BCUT2D eigenvalue weighted by Gasteiger charge is 2.23. The van der Waals surface area contributed by atoms with Crippen molar-refractivity contribution in [1.82, 2.24) is 9.55 Å². The molecule has 5 aromatic rings. The third-order valence-electron chi connectivity index (χ3n) is 6.49. The Morgan fingerprint density at radius 2 is 1.79 bits per heavy atom. The minimum absolute atomic E-state index is 0.0813. The van der Waals surface area contributed by atoms with Crippen molar-refractivity contribution in [3.05, 3.63) is 115 Å². The number of thiazole rings is 1. The van der Waals surface area contributed by atoms with Crippen LogP contribution in [0.15, 0.2) is 77.6 Å². The van der Waals surface area contributed by atoms with Gasteiger partial charge in [-0.15, -0.1) is 11.3 Å². The highest BCUT2D eigenvalue weighted by atomic mass is 32.1. The van der Waals surface area contributed by atoms with Crippen LogP contribution in [0.4, 0.5) is 0 Å². The van der Waals surface area contributed by atoms with Gasteiger partial charge in [0.1, 0.15) is 27.8 Å². The molecule has 0 bridgehead atoms. The van der Waals surface area contributed by atoms with Gasteiger partial charge in [0.05, 0.1) is 30.9 Å². The molecule has 0 atom stereocenters. The lowest BCUT2D eigenvalue weighted by molar-refractivity contribution is 0.105. The smallest absolute Gasteiger partial charge is 0.269 e. The van der Waals surface area contributed by atoms with Gasteiger partial charge in [-0.3, -0.25) is 14.2 Å². The molecular weight excluding hydrogens is 510 g/mol. The van der Waals surface area contributed by atoms with Gasteiger partial charge in [0.25, 0.3) is 5.56 Å². The molecule has 39 heavy (non-hydrogen) atoms. The number of hydrogen-bond acceptors (Lipinski definition) is 6. The maximum Gasteiger partial charge on any atom is 0.269 e. The quantitative estimate of drug-likeness (QED) is 0.316. The Morgan fingerprint density at radius 3 is 2.51 bits per heavy atom. The number of aromatic amines is 1. The summed E-state index contributed by atoms with van der Waals surface area (Å²) >= 11 is 1.12. The zero-order chi connectivity index (χ0) is 27.5. The second kappa shape index (κ2) is 10.9. The Kier molecular flexibility index (Phi) is 7.17. The minimum Gasteiger partial charge on any atom is -0.497 e. The summed E-state index contributed by atoms with van der Waals surface area (Å²) in [6, 6.07) is 24.4. The number of ether oxygens (including phenoxy) is 2. The number of para-hydroxylation sites is 1. The lowest BCUT2D eigenvalue weighted by Gasteiger charge is -2.06. The topological polar surface area (TPSA) is 97.1 Å². The summed E-state index contributed by atoms with van der Waals surface area (Å²) in [5, 5.41) is 11.0. The van der Waals surface area contributed by atoms with E-state index in [-0.39, 0.29) is 17.7 Å². The fourth-order valence-corrected chi connectivity index (χ4v) is 5.67. The van der Waals surface area contributed by atoms with Crippen molar-refractivity contribution in [2.75, 3.05) is 14.2 Å². The maximum atomic E-state index is 13.9. The molecule has 0 aliphatic rings. The van der Waals surface area contributed by atoms with E-state index in [1.54, 1.807) is 38.5 Å². The van der Waals surface area contributed by atoms with E-state index in [2.05, 4.69) is 11.1 Å². The highest BCUT2D eigenvalue weighted by Crippen LogP contribution is 2.26. The number of aromatic nitrogens is 2. The van der Waals surface area contributed by atoms with Gasteiger partial charge in [-0.1, -0.05) is 48.5 Å². The van der Waals surface area contributed by atoms with E-state index in [0.29, 0.717) is 37.5 Å². The van der Waals surface area contributed by atoms with Crippen LogP contribution in [0, 0.1) is 18.3 Å². The predicted octanol–water partition coefficient (Wildman–Crippen LogP) is 4.15. The minimum atomic E-state index is -0.427. The van der Waals surface area contributed by atoms with E-state index in [9.17, 15) is 14.9 Å². The molecule has 5 rings (SSSR count). The summed E-state index contributed by atoms with van der Waals surface area (Å²) in [4.78, 5) is 30.9. The Bertz CT molecular complexity index is 1920. The first-order chi connectivity index (χ1) is 18.9. The number of carbonyl (C=O) groups excluding carboxylic acids is 1. The molecule has 0 spiro atoms. The molecule has 0 aliphatic carbocycles. The first kappa shape index (κ1) is 25.8. The number of aryl methyl sites for hydroxylation is 1. The van der Waals surface area contributed by atoms with Gasteiger partial charge in [-0.2, -0.15) is 5.26 Å². The van der Waals surface area contributed by atoms with Crippen LogP contribution in [0.2, 0.25) is 0 Å². The van der Waals surface area contributed by atoms with Crippen LogP contribution in [0.1, 0.15) is 27.2 Å². The van der Waals surface area contributed by atoms with Gasteiger partial charge in [0.2, 0.25) is 5.78 Å². The number of Topliss-reactive ketones (excluding diaryl/α,β-unsaturated/α-hetero) is 1.